The van der Waals surface area contributed by atoms with Gasteiger partial charge in [-0.1, -0.05) is 0 Å². The van der Waals surface area contributed by atoms with Gasteiger partial charge in [-0.15, -0.1) is 11.3 Å². The van der Waals surface area contributed by atoms with Gasteiger partial charge in [-0.2, -0.15) is 0 Å². The van der Waals surface area contributed by atoms with E-state index in [4.69, 9.17) is 10.5 Å². The number of H-pyrrole nitrogens is 1. The van der Waals surface area contributed by atoms with Crippen molar-refractivity contribution in [2.24, 2.45) is 5.73 Å². The molecule has 3 aromatic rings. The predicted octanol–water partition coefficient (Wildman–Crippen LogP) is 2.71. The summed E-state index contributed by atoms with van der Waals surface area (Å²) in [5, 5.41) is 2.88. The van der Waals surface area contributed by atoms with E-state index in [2.05, 4.69) is 15.0 Å². The highest BCUT2D eigenvalue weighted by Crippen LogP contribution is 2.26. The average Bonchev–Trinajstić information content (AvgIpc) is 3.04. The maximum atomic E-state index is 5.82. The molecule has 0 fully saturated rings. The minimum atomic E-state index is -0.0526. The summed E-state index contributed by atoms with van der Waals surface area (Å²) in [4.78, 5) is 12.3. The maximum Gasteiger partial charge on any atom is 0.158 e. The van der Waals surface area contributed by atoms with Gasteiger partial charge in [0.05, 0.1) is 24.2 Å². The Balaban J connectivity index is 2.04. The second-order valence-corrected chi connectivity index (χ2v) is 5.22. The normalized spacial score (nSPS) is 12.8. The molecule has 5 nitrogen and oxygen atoms in total. The number of nitrogens with two attached hydrogens (primary N) is 1. The Morgan fingerprint density at radius 1 is 1.37 bits per heavy atom. The number of nitrogens with one attached hydrogen (secondary N) is 1. The second-order valence-electron chi connectivity index (χ2n) is 4.33. The lowest BCUT2D eigenvalue weighted by molar-refractivity contribution is 0.415. The van der Waals surface area contributed by atoms with E-state index in [-0.39, 0.29) is 6.04 Å². The SMILES string of the molecule is COc1ccc2nc(-c3csc(C(C)N)n3)[nH]c2c1. The summed E-state index contributed by atoms with van der Waals surface area (Å²) in [6.07, 6.45) is 0. The fourth-order valence-electron chi connectivity index (χ4n) is 1.84. The van der Waals surface area contributed by atoms with Crippen molar-refractivity contribution in [3.63, 3.8) is 0 Å². The van der Waals surface area contributed by atoms with Gasteiger partial charge in [-0.25, -0.2) is 9.97 Å². The summed E-state index contributed by atoms with van der Waals surface area (Å²) in [5.74, 6) is 1.56. The smallest absolute Gasteiger partial charge is 0.158 e. The number of imidazole rings is 1. The molecule has 2 heterocycles. The average molecular weight is 274 g/mol. The van der Waals surface area contributed by atoms with Crippen molar-refractivity contribution in [3.05, 3.63) is 28.6 Å². The van der Waals surface area contributed by atoms with Crippen LogP contribution in [0.4, 0.5) is 0 Å². The number of aromatic nitrogens is 3. The zero-order valence-corrected chi connectivity index (χ0v) is 11.5. The van der Waals surface area contributed by atoms with Crippen LogP contribution in [0.3, 0.4) is 0 Å². The van der Waals surface area contributed by atoms with Gasteiger partial charge in [0.25, 0.3) is 0 Å². The van der Waals surface area contributed by atoms with Gasteiger partial charge in [0.1, 0.15) is 16.5 Å². The van der Waals surface area contributed by atoms with Crippen LogP contribution < -0.4 is 10.5 Å². The van der Waals surface area contributed by atoms with Gasteiger partial charge in [-0.3, -0.25) is 0 Å². The molecule has 2 aromatic heterocycles. The fraction of sp³-hybridized carbons (Fsp3) is 0.231. The van der Waals surface area contributed by atoms with Crippen LogP contribution in [0.2, 0.25) is 0 Å². The van der Waals surface area contributed by atoms with Gasteiger partial charge in [0.15, 0.2) is 5.82 Å². The first-order valence-corrected chi connectivity index (χ1v) is 6.80. The van der Waals surface area contributed by atoms with Crippen LogP contribution in [0.25, 0.3) is 22.6 Å². The largest absolute Gasteiger partial charge is 0.497 e. The minimum Gasteiger partial charge on any atom is -0.497 e. The molecule has 0 amide bonds. The number of benzene rings is 1. The fourth-order valence-corrected chi connectivity index (χ4v) is 2.60. The Kier molecular flexibility index (Phi) is 2.96. The van der Waals surface area contributed by atoms with Crippen molar-refractivity contribution in [1.29, 1.82) is 0 Å². The molecule has 6 heteroatoms. The molecule has 98 valence electrons. The van der Waals surface area contributed by atoms with Gasteiger partial charge in [0.2, 0.25) is 0 Å². The molecular weight excluding hydrogens is 260 g/mol. The number of methoxy groups -OCH3 is 1. The molecule has 0 aliphatic rings. The van der Waals surface area contributed by atoms with Crippen molar-refractivity contribution in [3.8, 4) is 17.3 Å². The van der Waals surface area contributed by atoms with Crippen molar-refractivity contribution in [1.82, 2.24) is 15.0 Å². The lowest BCUT2D eigenvalue weighted by Crippen LogP contribution is -2.03. The molecule has 1 aromatic carbocycles. The summed E-state index contributed by atoms with van der Waals surface area (Å²) in [7, 11) is 1.65. The van der Waals surface area contributed by atoms with E-state index < -0.39 is 0 Å². The predicted molar refractivity (Wildman–Crippen MR) is 76.4 cm³/mol. The number of rotatable bonds is 3. The molecule has 0 aliphatic carbocycles. The molecule has 0 spiro atoms. The highest BCUT2D eigenvalue weighted by atomic mass is 32.1. The van der Waals surface area contributed by atoms with Crippen LogP contribution in [0, 0.1) is 0 Å². The van der Waals surface area contributed by atoms with Crippen LogP contribution in [0.5, 0.6) is 5.75 Å². The minimum absolute atomic E-state index is 0.0526. The van der Waals surface area contributed by atoms with Crippen LogP contribution in [0.15, 0.2) is 23.6 Å². The van der Waals surface area contributed by atoms with Gasteiger partial charge in [0, 0.05) is 11.4 Å². The number of thiazole rings is 1. The number of nitrogens with zero attached hydrogens (tertiary/aromatic N) is 2. The van der Waals surface area contributed by atoms with E-state index in [0.717, 1.165) is 33.3 Å². The highest BCUT2D eigenvalue weighted by molar-refractivity contribution is 7.10. The lowest BCUT2D eigenvalue weighted by Gasteiger charge is -1.96. The monoisotopic (exact) mass is 274 g/mol. The lowest BCUT2D eigenvalue weighted by atomic mass is 10.3. The summed E-state index contributed by atoms with van der Waals surface area (Å²) in [6.45, 7) is 1.92. The van der Waals surface area contributed by atoms with E-state index >= 15 is 0 Å². The quantitative estimate of drug-likeness (QED) is 0.770. The first-order chi connectivity index (χ1) is 9.17. The summed E-state index contributed by atoms with van der Waals surface area (Å²) in [5.41, 5.74) is 8.47. The first-order valence-electron chi connectivity index (χ1n) is 5.92. The third-order valence-electron chi connectivity index (χ3n) is 2.84. The van der Waals surface area contributed by atoms with E-state index in [9.17, 15) is 0 Å². The molecule has 0 bridgehead atoms. The van der Waals surface area contributed by atoms with Gasteiger partial charge < -0.3 is 15.5 Å². The van der Waals surface area contributed by atoms with E-state index in [1.807, 2.05) is 30.5 Å². The van der Waals surface area contributed by atoms with Gasteiger partial charge in [-0.05, 0) is 19.1 Å². The van der Waals surface area contributed by atoms with Gasteiger partial charge >= 0.3 is 0 Å². The first kappa shape index (κ1) is 12.1. The molecule has 1 atom stereocenters. The summed E-state index contributed by atoms with van der Waals surface area (Å²) in [6, 6.07) is 5.68. The van der Waals surface area contributed by atoms with Crippen LogP contribution >= 0.6 is 11.3 Å². The standard InChI is InChI=1S/C13H14N4OS/c1-7(14)13-17-11(6-19-13)12-15-9-4-3-8(18-2)5-10(9)16-12/h3-7H,14H2,1-2H3,(H,15,16). The highest BCUT2D eigenvalue weighted by Gasteiger charge is 2.11. The number of aromatic amines is 1. The van der Waals surface area contributed by atoms with Crippen molar-refractivity contribution >= 4 is 22.4 Å². The number of fused-ring (bicyclic) bond motifs is 1. The topological polar surface area (TPSA) is 76.8 Å². The molecule has 0 aliphatic heterocycles. The molecule has 0 saturated heterocycles. The van der Waals surface area contributed by atoms with E-state index in [1.165, 1.54) is 0 Å². The van der Waals surface area contributed by atoms with Crippen LogP contribution in [0.1, 0.15) is 18.0 Å². The molecule has 19 heavy (non-hydrogen) atoms. The molecular formula is C13H14N4OS. The Morgan fingerprint density at radius 2 is 2.21 bits per heavy atom. The Labute approximate surface area is 114 Å². The Morgan fingerprint density at radius 3 is 2.89 bits per heavy atom. The van der Waals surface area contributed by atoms with E-state index in [1.54, 1.807) is 18.4 Å². The summed E-state index contributed by atoms with van der Waals surface area (Å²) >= 11 is 1.55. The zero-order valence-electron chi connectivity index (χ0n) is 10.7. The number of hydrogen-bond acceptors (Lipinski definition) is 5. The molecule has 0 saturated carbocycles. The molecule has 0 radical (unpaired) electrons. The molecule has 1 unspecified atom stereocenters. The van der Waals surface area contributed by atoms with E-state index in [0.29, 0.717) is 0 Å². The molecule has 3 rings (SSSR count). The Bertz CT molecular complexity index is 716. The number of ether oxygens (including phenoxy) is 1. The summed E-state index contributed by atoms with van der Waals surface area (Å²) < 4.78 is 5.19. The van der Waals surface area contributed by atoms with Crippen LogP contribution in [-0.2, 0) is 0 Å². The van der Waals surface area contributed by atoms with Crippen molar-refractivity contribution in [2.45, 2.75) is 13.0 Å². The zero-order chi connectivity index (χ0) is 13.4. The number of hydrogen-bond donors (Lipinski definition) is 2. The van der Waals surface area contributed by atoms with Crippen LogP contribution in [-0.4, -0.2) is 22.1 Å². The molecule has 3 N–H and O–H groups in total. The third-order valence-corrected chi connectivity index (χ3v) is 3.89. The van der Waals surface area contributed by atoms with Crippen molar-refractivity contribution in [2.75, 3.05) is 7.11 Å². The second kappa shape index (κ2) is 4.64. The Hall–Kier alpha value is -1.92. The third kappa shape index (κ3) is 2.20. The van der Waals surface area contributed by atoms with Crippen molar-refractivity contribution < 1.29 is 4.74 Å². The maximum absolute atomic E-state index is 5.82.